The Morgan fingerprint density at radius 3 is 1.92 bits per heavy atom. The van der Waals surface area contributed by atoms with Gasteiger partial charge in [0.05, 0.1) is 6.26 Å². The average molecular weight is 191 g/mol. The van der Waals surface area contributed by atoms with Gasteiger partial charge in [-0.3, -0.25) is 0 Å². The van der Waals surface area contributed by atoms with Crippen LogP contribution in [-0.2, 0) is 10.0 Å². The molecule has 0 unspecified atom stereocenters. The Bertz CT molecular complexity index is 263. The van der Waals surface area contributed by atoms with E-state index in [0.29, 0.717) is 6.54 Å². The van der Waals surface area contributed by atoms with Crippen LogP contribution in [-0.4, -0.2) is 31.6 Å². The minimum Gasteiger partial charge on any atom is -0.212 e. The van der Waals surface area contributed by atoms with Crippen molar-refractivity contribution in [1.29, 1.82) is 0 Å². The fourth-order valence-electron chi connectivity index (χ4n) is 1.63. The Hall–Kier alpha value is -0.0900. The first-order chi connectivity index (χ1) is 5.23. The lowest BCUT2D eigenvalue weighted by Crippen LogP contribution is -2.56. The highest BCUT2D eigenvalue weighted by Crippen LogP contribution is 2.35. The standard InChI is InChI=1S/C8H17NO2S/c1-8(2,3)7-5-6-9(7)12(4,10)11/h7H,5-6H2,1-4H3/t7-/m1/s1. The van der Waals surface area contributed by atoms with E-state index >= 15 is 0 Å². The molecule has 1 saturated heterocycles. The fourth-order valence-corrected chi connectivity index (χ4v) is 2.95. The predicted octanol–water partition coefficient (Wildman–Crippen LogP) is 1.07. The summed E-state index contributed by atoms with van der Waals surface area (Å²) in [6.07, 6.45) is 2.28. The van der Waals surface area contributed by atoms with E-state index in [0.717, 1.165) is 6.42 Å². The van der Waals surface area contributed by atoms with E-state index in [9.17, 15) is 8.42 Å². The summed E-state index contributed by atoms with van der Waals surface area (Å²) in [6, 6.07) is 0.201. The second-order valence-electron chi connectivity index (χ2n) is 4.54. The van der Waals surface area contributed by atoms with Gasteiger partial charge in [0.1, 0.15) is 0 Å². The maximum absolute atomic E-state index is 11.2. The molecule has 3 nitrogen and oxygen atoms in total. The second-order valence-corrected chi connectivity index (χ2v) is 6.48. The van der Waals surface area contributed by atoms with E-state index in [1.807, 2.05) is 0 Å². The molecule has 0 bridgehead atoms. The Morgan fingerprint density at radius 1 is 1.33 bits per heavy atom. The van der Waals surface area contributed by atoms with Crippen LogP contribution in [0, 0.1) is 5.41 Å². The van der Waals surface area contributed by atoms with Gasteiger partial charge in [0, 0.05) is 12.6 Å². The van der Waals surface area contributed by atoms with Crippen LogP contribution >= 0.6 is 0 Å². The zero-order valence-electron chi connectivity index (χ0n) is 8.16. The minimum absolute atomic E-state index is 0.0708. The normalized spacial score (nSPS) is 26.8. The average Bonchev–Trinajstić information content (AvgIpc) is 1.46. The van der Waals surface area contributed by atoms with Crippen molar-refractivity contribution in [2.45, 2.75) is 33.2 Å². The topological polar surface area (TPSA) is 37.4 Å². The van der Waals surface area contributed by atoms with Gasteiger partial charge in [0.25, 0.3) is 0 Å². The number of hydrogen-bond acceptors (Lipinski definition) is 2. The van der Waals surface area contributed by atoms with Crippen LogP contribution in [0.1, 0.15) is 27.2 Å². The molecule has 1 heterocycles. The van der Waals surface area contributed by atoms with Crippen LogP contribution in [0.4, 0.5) is 0 Å². The smallest absolute Gasteiger partial charge is 0.211 e. The lowest BCUT2D eigenvalue weighted by Gasteiger charge is -2.46. The molecule has 0 amide bonds. The second kappa shape index (κ2) is 2.70. The van der Waals surface area contributed by atoms with Crippen molar-refractivity contribution in [2.75, 3.05) is 12.8 Å². The Labute approximate surface area is 74.8 Å². The van der Waals surface area contributed by atoms with Crippen molar-refractivity contribution in [1.82, 2.24) is 4.31 Å². The summed E-state index contributed by atoms with van der Waals surface area (Å²) < 4.78 is 24.0. The SMILES string of the molecule is CC(C)(C)[C@H]1CCN1S(C)(=O)=O. The summed E-state index contributed by atoms with van der Waals surface area (Å²) in [5, 5.41) is 0. The van der Waals surface area contributed by atoms with Gasteiger partial charge < -0.3 is 0 Å². The highest BCUT2D eigenvalue weighted by molar-refractivity contribution is 7.88. The van der Waals surface area contributed by atoms with Crippen LogP contribution in [0.3, 0.4) is 0 Å². The minimum atomic E-state index is -2.97. The van der Waals surface area contributed by atoms with E-state index in [2.05, 4.69) is 20.8 Å². The molecular formula is C8H17NO2S. The maximum Gasteiger partial charge on any atom is 0.211 e. The summed E-state index contributed by atoms with van der Waals surface area (Å²) in [5.41, 5.74) is 0.0708. The molecule has 0 aromatic rings. The van der Waals surface area contributed by atoms with Crippen molar-refractivity contribution in [3.8, 4) is 0 Å². The first kappa shape index (κ1) is 9.99. The largest absolute Gasteiger partial charge is 0.212 e. The van der Waals surface area contributed by atoms with Gasteiger partial charge in [-0.05, 0) is 11.8 Å². The van der Waals surface area contributed by atoms with E-state index in [1.165, 1.54) is 6.26 Å². The van der Waals surface area contributed by atoms with Gasteiger partial charge >= 0.3 is 0 Å². The van der Waals surface area contributed by atoms with E-state index in [1.54, 1.807) is 4.31 Å². The zero-order chi connectivity index (χ0) is 9.57. The van der Waals surface area contributed by atoms with Gasteiger partial charge in [-0.25, -0.2) is 8.42 Å². The van der Waals surface area contributed by atoms with Crippen LogP contribution in [0.25, 0.3) is 0 Å². The van der Waals surface area contributed by atoms with Gasteiger partial charge in [0.2, 0.25) is 10.0 Å². The van der Waals surface area contributed by atoms with E-state index in [4.69, 9.17) is 0 Å². The van der Waals surface area contributed by atoms with Crippen molar-refractivity contribution in [3.63, 3.8) is 0 Å². The lowest BCUT2D eigenvalue weighted by molar-refractivity contribution is 0.0889. The van der Waals surface area contributed by atoms with Crippen molar-refractivity contribution < 1.29 is 8.42 Å². The summed E-state index contributed by atoms with van der Waals surface area (Å²) in [5.74, 6) is 0. The van der Waals surface area contributed by atoms with Gasteiger partial charge in [0.15, 0.2) is 0 Å². The zero-order valence-corrected chi connectivity index (χ0v) is 8.98. The molecule has 0 aliphatic carbocycles. The van der Waals surface area contributed by atoms with Crippen molar-refractivity contribution >= 4 is 10.0 Å². The van der Waals surface area contributed by atoms with Crippen molar-refractivity contribution in [2.24, 2.45) is 5.41 Å². The summed E-state index contributed by atoms with van der Waals surface area (Å²) in [7, 11) is -2.97. The number of rotatable bonds is 1. The third-order valence-corrected chi connectivity index (χ3v) is 3.69. The van der Waals surface area contributed by atoms with Gasteiger partial charge in [-0.2, -0.15) is 4.31 Å². The molecule has 1 aliphatic heterocycles. The molecule has 1 rings (SSSR count). The molecule has 12 heavy (non-hydrogen) atoms. The first-order valence-corrected chi connectivity index (χ1v) is 6.04. The van der Waals surface area contributed by atoms with Gasteiger partial charge in [-0.1, -0.05) is 20.8 Å². The Balaban J connectivity index is 2.75. The first-order valence-electron chi connectivity index (χ1n) is 4.20. The highest BCUT2D eigenvalue weighted by atomic mass is 32.2. The molecule has 0 spiro atoms. The Kier molecular flexibility index (Phi) is 2.25. The number of nitrogens with zero attached hydrogens (tertiary/aromatic N) is 1. The lowest BCUT2D eigenvalue weighted by atomic mass is 9.81. The molecule has 1 aliphatic rings. The molecule has 4 heteroatoms. The van der Waals surface area contributed by atoms with Crippen LogP contribution < -0.4 is 0 Å². The molecule has 0 saturated carbocycles. The third-order valence-electron chi connectivity index (χ3n) is 2.40. The quantitative estimate of drug-likeness (QED) is 0.621. The number of hydrogen-bond donors (Lipinski definition) is 0. The van der Waals surface area contributed by atoms with E-state index in [-0.39, 0.29) is 11.5 Å². The van der Waals surface area contributed by atoms with Crippen LogP contribution in [0.2, 0.25) is 0 Å². The molecule has 72 valence electrons. The van der Waals surface area contributed by atoms with Crippen LogP contribution in [0.15, 0.2) is 0 Å². The molecule has 1 atom stereocenters. The monoisotopic (exact) mass is 191 g/mol. The molecule has 0 N–H and O–H groups in total. The summed E-state index contributed by atoms with van der Waals surface area (Å²) in [4.78, 5) is 0. The summed E-state index contributed by atoms with van der Waals surface area (Å²) in [6.45, 7) is 6.93. The molecule has 0 aromatic carbocycles. The Morgan fingerprint density at radius 2 is 1.83 bits per heavy atom. The predicted molar refractivity (Wildman–Crippen MR) is 49.4 cm³/mol. The fraction of sp³-hybridized carbons (Fsp3) is 1.00. The molecule has 0 radical (unpaired) electrons. The maximum atomic E-state index is 11.2. The molecular weight excluding hydrogens is 174 g/mol. The van der Waals surface area contributed by atoms with Crippen LogP contribution in [0.5, 0.6) is 0 Å². The summed E-state index contributed by atoms with van der Waals surface area (Å²) >= 11 is 0. The third kappa shape index (κ3) is 1.80. The molecule has 1 fully saturated rings. The van der Waals surface area contributed by atoms with E-state index < -0.39 is 10.0 Å². The van der Waals surface area contributed by atoms with Gasteiger partial charge in [-0.15, -0.1) is 0 Å². The highest BCUT2D eigenvalue weighted by Gasteiger charge is 2.41. The van der Waals surface area contributed by atoms with Crippen molar-refractivity contribution in [3.05, 3.63) is 0 Å². The number of sulfonamides is 1. The molecule has 0 aromatic heterocycles.